The number of fused-ring (bicyclic) bond motifs is 1. The molecule has 0 atom stereocenters. The molecular weight excluding hydrogens is 382 g/mol. The van der Waals surface area contributed by atoms with Gasteiger partial charge in [-0.1, -0.05) is 31.5 Å². The molecule has 2 aromatic carbocycles. The Hall–Kier alpha value is -2.99. The summed E-state index contributed by atoms with van der Waals surface area (Å²) in [5, 5.41) is 19.2. The highest BCUT2D eigenvalue weighted by atomic mass is 16.5. The van der Waals surface area contributed by atoms with Crippen molar-refractivity contribution in [2.24, 2.45) is 5.92 Å². The van der Waals surface area contributed by atoms with E-state index in [1.54, 1.807) is 6.07 Å². The van der Waals surface area contributed by atoms with E-state index in [2.05, 4.69) is 17.9 Å². The van der Waals surface area contributed by atoms with Crippen molar-refractivity contribution >= 4 is 12.0 Å². The molecule has 2 heterocycles. The van der Waals surface area contributed by atoms with Gasteiger partial charge in [-0.05, 0) is 47.4 Å². The molecule has 158 valence electrons. The van der Waals surface area contributed by atoms with Gasteiger partial charge < -0.3 is 19.7 Å². The number of likely N-dealkylation sites (tertiary alicyclic amines) is 1. The zero-order valence-corrected chi connectivity index (χ0v) is 17.1. The van der Waals surface area contributed by atoms with Crippen molar-refractivity contribution in [3.63, 3.8) is 0 Å². The fraction of sp³-hybridized carbons (Fsp3) is 0.375. The van der Waals surface area contributed by atoms with E-state index in [1.807, 2.05) is 30.3 Å². The van der Waals surface area contributed by atoms with Gasteiger partial charge in [-0.25, -0.2) is 0 Å². The number of carboxylic acid groups (broad SMARTS) is 1. The fourth-order valence-corrected chi connectivity index (χ4v) is 3.87. The van der Waals surface area contributed by atoms with Crippen LogP contribution >= 0.6 is 0 Å². The lowest BCUT2D eigenvalue weighted by Gasteiger charge is -2.37. The molecular formula is C24H27NO5. The maximum Gasteiger partial charge on any atom is 0.309 e. The van der Waals surface area contributed by atoms with E-state index >= 15 is 0 Å². The zero-order chi connectivity index (χ0) is 21.1. The Labute approximate surface area is 176 Å². The number of hydrogen-bond acceptors (Lipinski definition) is 5. The lowest BCUT2D eigenvalue weighted by atomic mass is 9.98. The normalized spacial score (nSPS) is 16.2. The SMILES string of the molecule is CCCc1ccc(OCc2ccc3c(c2)OCC(CN2CC(C(=O)O)C2)=C3)c(O)c1. The molecule has 6 nitrogen and oxygen atoms in total. The van der Waals surface area contributed by atoms with Crippen molar-refractivity contribution < 1.29 is 24.5 Å². The van der Waals surface area contributed by atoms with Crippen LogP contribution in [-0.4, -0.2) is 47.3 Å². The van der Waals surface area contributed by atoms with Crippen molar-refractivity contribution in [2.75, 3.05) is 26.2 Å². The summed E-state index contributed by atoms with van der Waals surface area (Å²) < 4.78 is 11.7. The Balaban J connectivity index is 1.35. The first-order valence-electron chi connectivity index (χ1n) is 10.4. The third-order valence-corrected chi connectivity index (χ3v) is 5.54. The van der Waals surface area contributed by atoms with Gasteiger partial charge in [-0.15, -0.1) is 0 Å². The Morgan fingerprint density at radius 3 is 2.73 bits per heavy atom. The van der Waals surface area contributed by atoms with Crippen molar-refractivity contribution in [1.29, 1.82) is 0 Å². The number of benzene rings is 2. The number of aliphatic carboxylic acids is 1. The van der Waals surface area contributed by atoms with E-state index in [9.17, 15) is 9.90 Å². The van der Waals surface area contributed by atoms with Crippen molar-refractivity contribution in [3.05, 3.63) is 58.7 Å². The second-order valence-corrected chi connectivity index (χ2v) is 8.03. The summed E-state index contributed by atoms with van der Waals surface area (Å²) in [5.74, 6) is 0.496. The molecule has 0 amide bonds. The number of carboxylic acids is 1. The molecule has 4 rings (SSSR count). The summed E-state index contributed by atoms with van der Waals surface area (Å²) in [6.07, 6.45) is 4.09. The van der Waals surface area contributed by atoms with Crippen molar-refractivity contribution in [2.45, 2.75) is 26.4 Å². The van der Waals surface area contributed by atoms with E-state index in [0.717, 1.165) is 47.4 Å². The number of phenols is 1. The summed E-state index contributed by atoms with van der Waals surface area (Å²) in [6.45, 7) is 4.90. The van der Waals surface area contributed by atoms with Crippen LogP contribution in [0.3, 0.4) is 0 Å². The predicted molar refractivity (Wildman–Crippen MR) is 114 cm³/mol. The summed E-state index contributed by atoms with van der Waals surface area (Å²) in [4.78, 5) is 13.1. The minimum atomic E-state index is -0.717. The highest BCUT2D eigenvalue weighted by molar-refractivity contribution is 5.71. The lowest BCUT2D eigenvalue weighted by Crippen LogP contribution is -2.51. The number of hydrogen-bond donors (Lipinski definition) is 2. The largest absolute Gasteiger partial charge is 0.504 e. The van der Waals surface area contributed by atoms with Crippen LogP contribution in [0.2, 0.25) is 0 Å². The van der Waals surface area contributed by atoms with E-state index in [-0.39, 0.29) is 11.7 Å². The molecule has 2 aliphatic heterocycles. The van der Waals surface area contributed by atoms with Gasteiger partial charge in [0.2, 0.25) is 0 Å². The number of phenolic OH excluding ortho intramolecular Hbond substituents is 1. The second kappa shape index (κ2) is 8.79. The van der Waals surface area contributed by atoms with Gasteiger partial charge >= 0.3 is 5.97 Å². The molecule has 0 aliphatic carbocycles. The van der Waals surface area contributed by atoms with Crippen LogP contribution in [0.1, 0.15) is 30.0 Å². The molecule has 0 bridgehead atoms. The third kappa shape index (κ3) is 4.60. The summed E-state index contributed by atoms with van der Waals surface area (Å²) in [6, 6.07) is 11.5. The smallest absolute Gasteiger partial charge is 0.309 e. The highest BCUT2D eigenvalue weighted by Crippen LogP contribution is 2.31. The minimum Gasteiger partial charge on any atom is -0.504 e. The molecule has 2 aromatic rings. The molecule has 0 radical (unpaired) electrons. The average Bonchev–Trinajstić information content (AvgIpc) is 2.69. The van der Waals surface area contributed by atoms with Crippen LogP contribution in [-0.2, 0) is 17.8 Å². The monoisotopic (exact) mass is 409 g/mol. The molecule has 0 saturated carbocycles. The summed E-state index contributed by atoms with van der Waals surface area (Å²) >= 11 is 0. The number of rotatable bonds is 8. The number of nitrogens with zero attached hydrogens (tertiary/aromatic N) is 1. The molecule has 0 unspecified atom stereocenters. The van der Waals surface area contributed by atoms with E-state index in [4.69, 9.17) is 14.6 Å². The Morgan fingerprint density at radius 1 is 1.20 bits per heavy atom. The quantitative estimate of drug-likeness (QED) is 0.692. The van der Waals surface area contributed by atoms with Crippen LogP contribution in [0.15, 0.2) is 42.0 Å². The summed E-state index contributed by atoms with van der Waals surface area (Å²) in [5.41, 5.74) is 4.23. The average molecular weight is 409 g/mol. The molecule has 2 aliphatic rings. The van der Waals surface area contributed by atoms with E-state index in [1.165, 1.54) is 0 Å². The Kier molecular flexibility index (Phi) is 5.95. The van der Waals surface area contributed by atoms with Crippen LogP contribution < -0.4 is 9.47 Å². The standard InChI is InChI=1S/C24H27NO5/c1-2-3-16-5-7-22(21(26)9-16)29-14-17-4-6-19-8-18(15-30-23(19)10-17)11-25-12-20(13-25)24(27)28/h4-10,20,26H,2-3,11-15H2,1H3,(H,27,28). The molecule has 1 fully saturated rings. The predicted octanol–water partition coefficient (Wildman–Crippen LogP) is 3.72. The van der Waals surface area contributed by atoms with E-state index < -0.39 is 5.97 Å². The number of carbonyl (C=O) groups is 1. The second-order valence-electron chi connectivity index (χ2n) is 8.03. The number of aromatic hydroxyl groups is 1. The van der Waals surface area contributed by atoms with Gasteiger partial charge in [-0.2, -0.15) is 0 Å². The van der Waals surface area contributed by atoms with Gasteiger partial charge in [0.1, 0.15) is 19.0 Å². The first kappa shape index (κ1) is 20.3. The summed E-state index contributed by atoms with van der Waals surface area (Å²) in [7, 11) is 0. The molecule has 2 N–H and O–H groups in total. The van der Waals surface area contributed by atoms with Crippen molar-refractivity contribution in [3.8, 4) is 17.2 Å². The van der Waals surface area contributed by atoms with Gasteiger partial charge in [0.25, 0.3) is 0 Å². The number of aryl methyl sites for hydroxylation is 1. The van der Waals surface area contributed by atoms with Crippen LogP contribution in [0.25, 0.3) is 6.08 Å². The molecule has 0 spiro atoms. The minimum absolute atomic E-state index is 0.166. The van der Waals surface area contributed by atoms with Crippen LogP contribution in [0.4, 0.5) is 0 Å². The van der Waals surface area contributed by atoms with Gasteiger partial charge in [0.05, 0.1) is 5.92 Å². The maximum absolute atomic E-state index is 10.9. The van der Waals surface area contributed by atoms with E-state index in [0.29, 0.717) is 32.1 Å². The van der Waals surface area contributed by atoms with Crippen LogP contribution in [0, 0.1) is 5.92 Å². The molecule has 1 saturated heterocycles. The fourth-order valence-electron chi connectivity index (χ4n) is 3.87. The van der Waals surface area contributed by atoms with Crippen molar-refractivity contribution in [1.82, 2.24) is 4.90 Å². The van der Waals surface area contributed by atoms with Gasteiger partial charge in [0.15, 0.2) is 11.5 Å². The third-order valence-electron chi connectivity index (χ3n) is 5.54. The lowest BCUT2D eigenvalue weighted by molar-refractivity contribution is -0.147. The highest BCUT2D eigenvalue weighted by Gasteiger charge is 2.32. The molecule has 6 heteroatoms. The Morgan fingerprint density at radius 2 is 2.00 bits per heavy atom. The maximum atomic E-state index is 10.9. The van der Waals surface area contributed by atoms with Gasteiger partial charge in [-0.3, -0.25) is 9.69 Å². The topological polar surface area (TPSA) is 79.2 Å². The first-order valence-corrected chi connectivity index (χ1v) is 10.4. The number of ether oxygens (including phenoxy) is 2. The van der Waals surface area contributed by atoms with Crippen LogP contribution in [0.5, 0.6) is 17.2 Å². The first-order chi connectivity index (χ1) is 14.5. The Bertz CT molecular complexity index is 962. The molecule has 0 aromatic heterocycles. The zero-order valence-electron chi connectivity index (χ0n) is 17.1. The molecule has 30 heavy (non-hydrogen) atoms. The van der Waals surface area contributed by atoms with Gasteiger partial charge in [0, 0.05) is 25.2 Å².